The van der Waals surface area contributed by atoms with Gasteiger partial charge in [0.2, 0.25) is 10.0 Å². The fourth-order valence-corrected chi connectivity index (χ4v) is 5.33. The van der Waals surface area contributed by atoms with Gasteiger partial charge in [-0.15, -0.1) is 0 Å². The van der Waals surface area contributed by atoms with Gasteiger partial charge in [0, 0.05) is 18.7 Å². The second kappa shape index (κ2) is 12.2. The van der Waals surface area contributed by atoms with Crippen LogP contribution in [-0.4, -0.2) is 69.5 Å². The number of carbonyl (C=O) groups excluding carboxylic acids is 2. The number of carbonyl (C=O) groups is 2. The molecule has 2 aromatic rings. The van der Waals surface area contributed by atoms with E-state index >= 15 is 0 Å². The zero-order chi connectivity index (χ0) is 25.4. The Morgan fingerprint density at radius 3 is 2.37 bits per heavy atom. The highest BCUT2D eigenvalue weighted by atomic mass is 32.2. The molecular formula is C24H28F3N3O4S. The van der Waals surface area contributed by atoms with Gasteiger partial charge in [-0.3, -0.25) is 13.9 Å². The number of nitrogens with zero attached hydrogens (tertiary/aromatic N) is 2. The van der Waals surface area contributed by atoms with Crippen LogP contribution < -0.4 is 9.62 Å². The van der Waals surface area contributed by atoms with Crippen LogP contribution >= 0.6 is 0 Å². The summed E-state index contributed by atoms with van der Waals surface area (Å²) in [7, 11) is -3.70. The first-order valence-electron chi connectivity index (χ1n) is 11.3. The summed E-state index contributed by atoms with van der Waals surface area (Å²) >= 11 is 0. The van der Waals surface area contributed by atoms with E-state index in [1.807, 2.05) is 10.2 Å². The largest absolute Gasteiger partial charge is 0.344 e. The highest BCUT2D eigenvalue weighted by Gasteiger charge is 2.25. The highest BCUT2D eigenvalue weighted by molar-refractivity contribution is 7.92. The number of anilines is 1. The molecule has 1 fully saturated rings. The van der Waals surface area contributed by atoms with E-state index in [9.17, 15) is 31.2 Å². The summed E-state index contributed by atoms with van der Waals surface area (Å²) in [4.78, 5) is 25.0. The third-order valence-electron chi connectivity index (χ3n) is 5.69. The molecule has 190 valence electrons. The van der Waals surface area contributed by atoms with Crippen molar-refractivity contribution in [3.8, 4) is 0 Å². The molecule has 1 amide bonds. The van der Waals surface area contributed by atoms with Crippen LogP contribution in [0.5, 0.6) is 0 Å². The topological polar surface area (TPSA) is 86.8 Å². The number of sulfonamides is 1. The number of alkyl halides is 3. The van der Waals surface area contributed by atoms with Crippen LogP contribution in [0, 0.1) is 0 Å². The number of Topliss-reactive ketones (excluding diaryl/α,β-unsaturated/α-hetero) is 1. The zero-order valence-electron chi connectivity index (χ0n) is 19.1. The maximum absolute atomic E-state index is 13.4. The Hall–Kier alpha value is -2.92. The minimum absolute atomic E-state index is 0.0270. The van der Waals surface area contributed by atoms with E-state index in [0.29, 0.717) is 43.7 Å². The molecule has 11 heteroatoms. The molecule has 1 atom stereocenters. The van der Waals surface area contributed by atoms with Crippen molar-refractivity contribution in [2.24, 2.45) is 0 Å². The lowest BCUT2D eigenvalue weighted by atomic mass is 10.1. The maximum Gasteiger partial charge on any atom is 0.315 e. The fourth-order valence-electron chi connectivity index (χ4n) is 3.82. The molecule has 0 aromatic heterocycles. The van der Waals surface area contributed by atoms with Crippen LogP contribution in [0.3, 0.4) is 0 Å². The van der Waals surface area contributed by atoms with Crippen LogP contribution in [-0.2, 0) is 21.4 Å². The molecule has 0 radical (unpaired) electrons. The first kappa shape index (κ1) is 26.7. The van der Waals surface area contributed by atoms with Crippen molar-refractivity contribution in [2.75, 3.05) is 36.2 Å². The van der Waals surface area contributed by atoms with E-state index in [4.69, 9.17) is 0 Å². The fraction of sp³-hybridized carbons (Fsp3) is 0.417. The summed E-state index contributed by atoms with van der Waals surface area (Å²) in [5.74, 6) is -2.17. The number of ketones is 1. The van der Waals surface area contributed by atoms with Gasteiger partial charge in [0.05, 0.1) is 24.5 Å². The Balaban J connectivity index is 1.67. The Labute approximate surface area is 203 Å². The van der Waals surface area contributed by atoms with Crippen molar-refractivity contribution >= 4 is 27.4 Å². The number of para-hydroxylation sites is 1. The van der Waals surface area contributed by atoms with E-state index in [1.54, 1.807) is 42.5 Å². The lowest BCUT2D eigenvalue weighted by molar-refractivity contribution is -0.131. The first-order chi connectivity index (χ1) is 16.7. The van der Waals surface area contributed by atoms with E-state index in [0.717, 1.165) is 0 Å². The van der Waals surface area contributed by atoms with Crippen molar-refractivity contribution in [3.63, 3.8) is 0 Å². The smallest absolute Gasteiger partial charge is 0.315 e. The van der Waals surface area contributed by atoms with Crippen LogP contribution in [0.1, 0.15) is 28.8 Å². The van der Waals surface area contributed by atoms with Crippen molar-refractivity contribution in [1.29, 1.82) is 0 Å². The first-order valence-corrected chi connectivity index (χ1v) is 12.9. The molecule has 2 aromatic carbocycles. The number of likely N-dealkylation sites (tertiary alicyclic amines) is 1. The van der Waals surface area contributed by atoms with Crippen LogP contribution in [0.2, 0.25) is 0 Å². The average Bonchev–Trinajstić information content (AvgIpc) is 3.26. The maximum atomic E-state index is 13.4. The van der Waals surface area contributed by atoms with Crippen LogP contribution in [0.4, 0.5) is 18.9 Å². The van der Waals surface area contributed by atoms with Gasteiger partial charge in [-0.05, 0) is 37.1 Å². The number of benzene rings is 2. The van der Waals surface area contributed by atoms with Gasteiger partial charge in [-0.1, -0.05) is 42.5 Å². The number of halogens is 3. The number of amides is 1. The SMILES string of the molecule is O=C(CNC(=O)C(F)F)c1ccc(CN(c2ccccc2)S(=O)(=O)CCCN2CC[C@H](F)C2)cc1. The summed E-state index contributed by atoms with van der Waals surface area (Å²) in [5, 5.41) is 1.86. The molecule has 0 bridgehead atoms. The molecule has 35 heavy (non-hydrogen) atoms. The van der Waals surface area contributed by atoms with E-state index in [1.165, 1.54) is 16.4 Å². The lowest BCUT2D eigenvalue weighted by Gasteiger charge is -2.25. The minimum atomic E-state index is -3.70. The van der Waals surface area contributed by atoms with Gasteiger partial charge in [0.25, 0.3) is 5.91 Å². The van der Waals surface area contributed by atoms with Gasteiger partial charge >= 0.3 is 6.43 Å². The lowest BCUT2D eigenvalue weighted by Crippen LogP contribution is -2.34. The molecule has 7 nitrogen and oxygen atoms in total. The normalized spacial score (nSPS) is 16.4. The van der Waals surface area contributed by atoms with Crippen molar-refractivity contribution in [2.45, 2.75) is 32.0 Å². The molecule has 0 aliphatic carbocycles. The molecular weight excluding hydrogens is 483 g/mol. The zero-order valence-corrected chi connectivity index (χ0v) is 19.9. The molecule has 1 aliphatic rings. The monoisotopic (exact) mass is 511 g/mol. The summed E-state index contributed by atoms with van der Waals surface area (Å²) < 4.78 is 65.7. The molecule has 1 saturated heterocycles. The number of nitrogens with one attached hydrogen (secondary N) is 1. The highest BCUT2D eigenvalue weighted by Crippen LogP contribution is 2.22. The van der Waals surface area contributed by atoms with Gasteiger partial charge in [0.15, 0.2) is 5.78 Å². The predicted molar refractivity (Wildman–Crippen MR) is 127 cm³/mol. The predicted octanol–water partition coefficient (Wildman–Crippen LogP) is 3.02. The summed E-state index contributed by atoms with van der Waals surface area (Å²) in [5.41, 5.74) is 1.31. The second-order valence-electron chi connectivity index (χ2n) is 8.34. The third kappa shape index (κ3) is 7.79. The van der Waals surface area contributed by atoms with Crippen molar-refractivity contribution in [1.82, 2.24) is 10.2 Å². The molecule has 1 N–H and O–H groups in total. The van der Waals surface area contributed by atoms with Crippen LogP contribution in [0.25, 0.3) is 0 Å². The van der Waals surface area contributed by atoms with E-state index in [2.05, 4.69) is 0 Å². The average molecular weight is 512 g/mol. The summed E-state index contributed by atoms with van der Waals surface area (Å²) in [6.45, 7) is 0.924. The quantitative estimate of drug-likeness (QED) is 0.443. The Morgan fingerprint density at radius 2 is 1.77 bits per heavy atom. The van der Waals surface area contributed by atoms with Gasteiger partial charge in [0.1, 0.15) is 6.17 Å². The van der Waals surface area contributed by atoms with Gasteiger partial charge in [-0.2, -0.15) is 8.78 Å². The molecule has 3 rings (SSSR count). The summed E-state index contributed by atoms with van der Waals surface area (Å²) in [6.07, 6.45) is -3.22. The summed E-state index contributed by atoms with van der Waals surface area (Å²) in [6, 6.07) is 14.7. The second-order valence-corrected chi connectivity index (χ2v) is 10.3. The van der Waals surface area contributed by atoms with Gasteiger partial charge < -0.3 is 10.2 Å². The standard InChI is InChI=1S/C24H28F3N3O4S/c25-20-11-13-29(17-20)12-4-14-35(33,34)30(21-5-2-1-3-6-21)16-18-7-9-19(10-8-18)22(31)15-28-24(32)23(26)27/h1-3,5-10,20,23H,4,11-17H2,(H,28,32)/t20-/m0/s1. The third-order valence-corrected chi connectivity index (χ3v) is 7.51. The van der Waals surface area contributed by atoms with E-state index < -0.39 is 40.9 Å². The minimum Gasteiger partial charge on any atom is -0.344 e. The molecule has 0 unspecified atom stereocenters. The molecule has 0 saturated carbocycles. The Bertz CT molecular complexity index is 1100. The number of rotatable bonds is 12. The Kier molecular flexibility index (Phi) is 9.27. The number of hydrogen-bond acceptors (Lipinski definition) is 5. The van der Waals surface area contributed by atoms with Crippen LogP contribution in [0.15, 0.2) is 54.6 Å². The van der Waals surface area contributed by atoms with Crippen molar-refractivity contribution < 1.29 is 31.2 Å². The number of hydrogen-bond donors (Lipinski definition) is 1. The van der Waals surface area contributed by atoms with Gasteiger partial charge in [-0.25, -0.2) is 12.8 Å². The molecule has 1 heterocycles. The Morgan fingerprint density at radius 1 is 1.09 bits per heavy atom. The van der Waals surface area contributed by atoms with Crippen molar-refractivity contribution in [3.05, 3.63) is 65.7 Å². The molecule has 1 aliphatic heterocycles. The van der Waals surface area contributed by atoms with E-state index in [-0.39, 0.29) is 17.9 Å². The molecule has 0 spiro atoms.